The highest BCUT2D eigenvalue weighted by molar-refractivity contribution is 5.68. The second kappa shape index (κ2) is 11.3. The Morgan fingerprint density at radius 3 is 1.92 bits per heavy atom. The Labute approximate surface area is 211 Å². The van der Waals surface area contributed by atoms with Crippen LogP contribution < -0.4 is 4.90 Å². The zero-order chi connectivity index (χ0) is 28.5. The molecule has 0 aromatic heterocycles. The van der Waals surface area contributed by atoms with Gasteiger partial charge in [-0.1, -0.05) is 6.07 Å². The van der Waals surface area contributed by atoms with Crippen LogP contribution in [0.1, 0.15) is 24.0 Å². The van der Waals surface area contributed by atoms with Crippen molar-refractivity contribution in [1.29, 1.82) is 0 Å². The molecule has 38 heavy (non-hydrogen) atoms. The zero-order valence-electron chi connectivity index (χ0n) is 19.8. The number of benzene rings is 1. The average Bonchev–Trinajstić information content (AvgIpc) is 2.81. The highest BCUT2D eigenvalue weighted by Gasteiger charge is 2.60. The molecule has 0 atom stereocenters. The number of piperidine rings is 1. The molecule has 2 aliphatic heterocycles. The molecule has 0 aliphatic carbocycles. The number of anilines is 1. The van der Waals surface area contributed by atoms with Gasteiger partial charge in [-0.2, -0.15) is 39.5 Å². The molecule has 0 unspecified atom stereocenters. The lowest BCUT2D eigenvalue weighted by molar-refractivity contribution is -0.308. The van der Waals surface area contributed by atoms with Crippen molar-refractivity contribution >= 4 is 11.8 Å². The minimum Gasteiger partial charge on any atom is -0.426 e. The SMILES string of the molecule is O=C(OC(C(F)(F)F)C(F)(F)F)N1CCN(Cc2ccc(C(F)(F)F)cc2N2CCC(C(O)O)CC2)CC1. The van der Waals surface area contributed by atoms with Crippen LogP contribution in [0.15, 0.2) is 18.2 Å². The first kappa shape index (κ1) is 30.1. The molecular formula is C22H26F9N3O4. The first-order valence-electron chi connectivity index (χ1n) is 11.6. The van der Waals surface area contributed by atoms with Gasteiger partial charge in [0.2, 0.25) is 0 Å². The topological polar surface area (TPSA) is 76.5 Å². The molecule has 2 N–H and O–H groups in total. The van der Waals surface area contributed by atoms with Gasteiger partial charge in [-0.15, -0.1) is 0 Å². The quantitative estimate of drug-likeness (QED) is 0.415. The lowest BCUT2D eigenvalue weighted by Gasteiger charge is -2.38. The molecule has 16 heteroatoms. The van der Waals surface area contributed by atoms with Crippen LogP contribution in [0.5, 0.6) is 0 Å². The average molecular weight is 567 g/mol. The summed E-state index contributed by atoms with van der Waals surface area (Å²) in [6, 6.07) is 3.20. The monoisotopic (exact) mass is 567 g/mol. The van der Waals surface area contributed by atoms with Gasteiger partial charge >= 0.3 is 24.6 Å². The van der Waals surface area contributed by atoms with Crippen LogP contribution in [0.2, 0.25) is 0 Å². The first-order valence-corrected chi connectivity index (χ1v) is 11.6. The predicted octanol–water partition coefficient (Wildman–Crippen LogP) is 3.98. The lowest BCUT2D eigenvalue weighted by Crippen LogP contribution is -2.52. The van der Waals surface area contributed by atoms with E-state index in [2.05, 4.69) is 4.74 Å². The van der Waals surface area contributed by atoms with Crippen LogP contribution >= 0.6 is 0 Å². The Morgan fingerprint density at radius 2 is 1.45 bits per heavy atom. The van der Waals surface area contributed by atoms with E-state index in [0.717, 1.165) is 12.1 Å². The van der Waals surface area contributed by atoms with Gasteiger partial charge in [0.15, 0.2) is 6.29 Å². The largest absolute Gasteiger partial charge is 0.434 e. The number of aliphatic hydroxyl groups excluding tert-OH is 1. The summed E-state index contributed by atoms with van der Waals surface area (Å²) in [4.78, 5) is 16.1. The number of rotatable bonds is 5. The van der Waals surface area contributed by atoms with Crippen LogP contribution in [-0.2, 0) is 17.5 Å². The Balaban J connectivity index is 1.67. The molecule has 2 saturated heterocycles. The number of amides is 1. The van der Waals surface area contributed by atoms with Crippen molar-refractivity contribution in [1.82, 2.24) is 9.80 Å². The summed E-state index contributed by atoms with van der Waals surface area (Å²) in [5.74, 6) is -0.414. The maximum atomic E-state index is 13.4. The molecule has 1 aromatic carbocycles. The third-order valence-electron chi connectivity index (χ3n) is 6.55. The summed E-state index contributed by atoms with van der Waals surface area (Å²) >= 11 is 0. The molecule has 0 saturated carbocycles. The van der Waals surface area contributed by atoms with E-state index < -0.39 is 48.5 Å². The fraction of sp³-hybridized carbons (Fsp3) is 0.682. The maximum Gasteiger partial charge on any atom is 0.434 e. The summed E-state index contributed by atoms with van der Waals surface area (Å²) in [6.07, 6.45) is -23.2. The summed E-state index contributed by atoms with van der Waals surface area (Å²) in [5, 5.41) is 18.8. The molecule has 3 rings (SSSR count). The van der Waals surface area contributed by atoms with E-state index >= 15 is 0 Å². The minimum absolute atomic E-state index is 0.0248. The van der Waals surface area contributed by atoms with E-state index in [4.69, 9.17) is 0 Å². The fourth-order valence-corrected chi connectivity index (χ4v) is 4.43. The standard InChI is InChI=1S/C22H26F9N3O4/c23-20(24,25)15-2-1-14(16(11-15)33-5-3-13(4-6-33)17(35)36)12-32-7-9-34(10-8-32)19(37)38-18(21(26,27)28)22(29,30)31/h1-2,11,13,17-18,35-36H,3-10,12H2. The highest BCUT2D eigenvalue weighted by Crippen LogP contribution is 2.37. The fourth-order valence-electron chi connectivity index (χ4n) is 4.43. The number of ether oxygens (including phenoxy) is 1. The van der Waals surface area contributed by atoms with Crippen molar-refractivity contribution in [3.8, 4) is 0 Å². The Bertz CT molecular complexity index is 939. The highest BCUT2D eigenvalue weighted by atomic mass is 19.4. The maximum absolute atomic E-state index is 13.4. The van der Waals surface area contributed by atoms with Gasteiger partial charge in [0.05, 0.1) is 5.56 Å². The van der Waals surface area contributed by atoms with Gasteiger partial charge in [-0.25, -0.2) is 4.79 Å². The number of carbonyl (C=O) groups excluding carboxylic acids is 1. The molecule has 2 fully saturated rings. The van der Waals surface area contributed by atoms with Crippen molar-refractivity contribution in [3.05, 3.63) is 29.3 Å². The number of hydrogen-bond donors (Lipinski definition) is 2. The van der Waals surface area contributed by atoms with Crippen molar-refractivity contribution in [2.45, 2.75) is 50.3 Å². The number of nitrogens with zero attached hydrogens (tertiary/aromatic N) is 3. The van der Waals surface area contributed by atoms with Gasteiger partial charge in [0.25, 0.3) is 6.10 Å². The summed E-state index contributed by atoms with van der Waals surface area (Å²) < 4.78 is 120. The van der Waals surface area contributed by atoms with Gasteiger partial charge in [0, 0.05) is 57.4 Å². The van der Waals surface area contributed by atoms with Crippen LogP contribution in [0.25, 0.3) is 0 Å². The molecule has 0 radical (unpaired) electrons. The molecular weight excluding hydrogens is 541 g/mol. The number of piperazine rings is 1. The second-order valence-electron chi connectivity index (χ2n) is 9.19. The number of alkyl halides is 9. The van der Waals surface area contributed by atoms with Crippen molar-refractivity contribution in [3.63, 3.8) is 0 Å². The van der Waals surface area contributed by atoms with E-state index in [1.807, 2.05) is 0 Å². The van der Waals surface area contributed by atoms with Crippen LogP contribution in [0, 0.1) is 5.92 Å². The molecule has 216 valence electrons. The van der Waals surface area contributed by atoms with Gasteiger partial charge in [0.1, 0.15) is 0 Å². The zero-order valence-corrected chi connectivity index (χ0v) is 19.8. The second-order valence-corrected chi connectivity index (χ2v) is 9.19. The normalized spacial score (nSPS) is 19.0. The Hall–Kier alpha value is -2.46. The summed E-state index contributed by atoms with van der Waals surface area (Å²) in [7, 11) is 0. The van der Waals surface area contributed by atoms with Crippen LogP contribution in [0.4, 0.5) is 50.0 Å². The predicted molar refractivity (Wildman–Crippen MR) is 114 cm³/mol. The number of hydrogen-bond acceptors (Lipinski definition) is 6. The third-order valence-corrected chi connectivity index (χ3v) is 6.55. The third kappa shape index (κ3) is 7.56. The minimum atomic E-state index is -5.83. The molecule has 1 aromatic rings. The van der Waals surface area contributed by atoms with E-state index in [-0.39, 0.29) is 51.5 Å². The molecule has 2 aliphatic rings. The van der Waals surface area contributed by atoms with Crippen LogP contribution in [-0.4, -0.2) is 90.1 Å². The number of carbonyl (C=O) groups is 1. The van der Waals surface area contributed by atoms with E-state index in [9.17, 15) is 54.5 Å². The smallest absolute Gasteiger partial charge is 0.426 e. The van der Waals surface area contributed by atoms with E-state index in [0.29, 0.717) is 23.3 Å². The molecule has 2 heterocycles. The first-order chi connectivity index (χ1) is 17.5. The molecule has 1 amide bonds. The number of halogens is 9. The molecule has 0 spiro atoms. The van der Waals surface area contributed by atoms with Gasteiger partial charge < -0.3 is 24.7 Å². The van der Waals surface area contributed by atoms with Crippen molar-refractivity contribution in [2.24, 2.45) is 5.92 Å². The van der Waals surface area contributed by atoms with E-state index in [1.165, 1.54) is 6.07 Å². The summed E-state index contributed by atoms with van der Waals surface area (Å²) in [6.45, 7) is 0.195. The number of aliphatic hydroxyl groups is 2. The van der Waals surface area contributed by atoms with Gasteiger partial charge in [-0.3, -0.25) is 4.90 Å². The lowest BCUT2D eigenvalue weighted by atomic mass is 9.95. The van der Waals surface area contributed by atoms with Crippen molar-refractivity contribution in [2.75, 3.05) is 44.2 Å². The molecule has 7 nitrogen and oxygen atoms in total. The van der Waals surface area contributed by atoms with Crippen molar-refractivity contribution < 1.29 is 59.3 Å². The van der Waals surface area contributed by atoms with Crippen LogP contribution in [0.3, 0.4) is 0 Å². The molecule has 0 bridgehead atoms. The Morgan fingerprint density at radius 1 is 0.895 bits per heavy atom. The Kier molecular flexibility index (Phi) is 8.98. The van der Waals surface area contributed by atoms with E-state index in [1.54, 1.807) is 9.80 Å². The summed E-state index contributed by atoms with van der Waals surface area (Å²) in [5.41, 5.74) is -0.103. The van der Waals surface area contributed by atoms with Gasteiger partial charge in [-0.05, 0) is 30.5 Å².